The standard InChI is InChI=1S/C19H22ClN/c1-13-3-5-16(6-4-13)19(17-7-8-17)21-14(2)15-9-11-18(20)12-10-15/h3-6,9-12,14,17,19,21H,7-8H2,1-2H3. The SMILES string of the molecule is Cc1ccc(C(NC(C)c2ccc(Cl)cc2)C2CC2)cc1. The predicted molar refractivity (Wildman–Crippen MR) is 89.6 cm³/mol. The van der Waals surface area contributed by atoms with Crippen LogP contribution in [0.4, 0.5) is 0 Å². The Morgan fingerprint density at radius 3 is 2.10 bits per heavy atom. The van der Waals surface area contributed by atoms with Gasteiger partial charge in [0.15, 0.2) is 0 Å². The van der Waals surface area contributed by atoms with E-state index in [0.717, 1.165) is 10.9 Å². The minimum Gasteiger partial charge on any atom is -0.303 e. The van der Waals surface area contributed by atoms with Gasteiger partial charge in [-0.3, -0.25) is 0 Å². The molecule has 0 heterocycles. The lowest BCUT2D eigenvalue weighted by molar-refractivity contribution is 0.427. The van der Waals surface area contributed by atoms with Crippen LogP contribution in [0.2, 0.25) is 5.02 Å². The highest BCUT2D eigenvalue weighted by molar-refractivity contribution is 6.30. The van der Waals surface area contributed by atoms with Crippen LogP contribution in [-0.4, -0.2) is 0 Å². The van der Waals surface area contributed by atoms with Crippen molar-refractivity contribution in [1.29, 1.82) is 0 Å². The molecule has 110 valence electrons. The summed E-state index contributed by atoms with van der Waals surface area (Å²) < 4.78 is 0. The van der Waals surface area contributed by atoms with Gasteiger partial charge in [0.05, 0.1) is 0 Å². The maximum absolute atomic E-state index is 5.97. The van der Waals surface area contributed by atoms with Gasteiger partial charge >= 0.3 is 0 Å². The molecule has 1 aliphatic carbocycles. The molecule has 1 fully saturated rings. The minimum atomic E-state index is 0.328. The number of nitrogens with one attached hydrogen (secondary N) is 1. The van der Waals surface area contributed by atoms with Crippen LogP contribution >= 0.6 is 11.6 Å². The Hall–Kier alpha value is -1.31. The van der Waals surface area contributed by atoms with Crippen molar-refractivity contribution in [3.63, 3.8) is 0 Å². The first-order valence-corrected chi connectivity index (χ1v) is 8.09. The molecule has 2 unspecified atom stereocenters. The maximum atomic E-state index is 5.97. The van der Waals surface area contributed by atoms with Crippen LogP contribution in [0, 0.1) is 12.8 Å². The molecule has 0 aliphatic heterocycles. The first-order valence-electron chi connectivity index (χ1n) is 7.71. The molecule has 3 rings (SSSR count). The van der Waals surface area contributed by atoms with Crippen molar-refractivity contribution in [2.45, 2.75) is 38.8 Å². The smallest absolute Gasteiger partial charge is 0.0406 e. The van der Waals surface area contributed by atoms with E-state index in [-0.39, 0.29) is 0 Å². The number of hydrogen-bond acceptors (Lipinski definition) is 1. The molecule has 0 amide bonds. The summed E-state index contributed by atoms with van der Waals surface area (Å²) in [6.45, 7) is 4.37. The normalized spacial score (nSPS) is 17.5. The summed E-state index contributed by atoms with van der Waals surface area (Å²) in [5.41, 5.74) is 4.01. The highest BCUT2D eigenvalue weighted by Crippen LogP contribution is 2.42. The monoisotopic (exact) mass is 299 g/mol. The zero-order chi connectivity index (χ0) is 14.8. The van der Waals surface area contributed by atoms with E-state index in [1.54, 1.807) is 0 Å². The third kappa shape index (κ3) is 3.66. The van der Waals surface area contributed by atoms with Crippen LogP contribution in [0.15, 0.2) is 48.5 Å². The zero-order valence-corrected chi connectivity index (χ0v) is 13.4. The maximum Gasteiger partial charge on any atom is 0.0406 e. The van der Waals surface area contributed by atoms with Gasteiger partial charge in [-0.05, 0) is 55.9 Å². The second-order valence-electron chi connectivity index (χ2n) is 6.17. The summed E-state index contributed by atoms with van der Waals surface area (Å²) in [6.07, 6.45) is 2.66. The fourth-order valence-corrected chi connectivity index (χ4v) is 2.95. The van der Waals surface area contributed by atoms with Crippen molar-refractivity contribution in [1.82, 2.24) is 5.32 Å². The molecule has 2 atom stereocenters. The molecule has 0 spiro atoms. The number of rotatable bonds is 5. The van der Waals surface area contributed by atoms with Crippen molar-refractivity contribution in [3.8, 4) is 0 Å². The molecule has 0 saturated heterocycles. The van der Waals surface area contributed by atoms with E-state index in [2.05, 4.69) is 55.6 Å². The Balaban J connectivity index is 1.76. The predicted octanol–water partition coefficient (Wildman–Crippen LogP) is 5.45. The van der Waals surface area contributed by atoms with Crippen molar-refractivity contribution in [2.75, 3.05) is 0 Å². The molecule has 21 heavy (non-hydrogen) atoms. The van der Waals surface area contributed by atoms with Crippen LogP contribution in [0.25, 0.3) is 0 Å². The zero-order valence-electron chi connectivity index (χ0n) is 12.6. The van der Waals surface area contributed by atoms with Crippen LogP contribution < -0.4 is 5.32 Å². The van der Waals surface area contributed by atoms with E-state index in [9.17, 15) is 0 Å². The van der Waals surface area contributed by atoms with Gasteiger partial charge in [0, 0.05) is 17.1 Å². The van der Waals surface area contributed by atoms with Gasteiger partial charge in [-0.25, -0.2) is 0 Å². The summed E-state index contributed by atoms with van der Waals surface area (Å²) >= 11 is 5.97. The Labute approximate surface area is 132 Å². The summed E-state index contributed by atoms with van der Waals surface area (Å²) in [6, 6.07) is 17.9. The molecule has 0 bridgehead atoms. The molecule has 2 aromatic rings. The average Bonchev–Trinajstić information content (AvgIpc) is 3.31. The highest BCUT2D eigenvalue weighted by Gasteiger charge is 2.33. The van der Waals surface area contributed by atoms with Gasteiger partial charge in [-0.2, -0.15) is 0 Å². The molecular weight excluding hydrogens is 278 g/mol. The van der Waals surface area contributed by atoms with E-state index in [1.165, 1.54) is 29.5 Å². The second kappa shape index (κ2) is 6.21. The number of aryl methyl sites for hydroxylation is 1. The number of benzene rings is 2. The lowest BCUT2D eigenvalue weighted by Gasteiger charge is -2.24. The second-order valence-corrected chi connectivity index (χ2v) is 6.60. The topological polar surface area (TPSA) is 12.0 Å². The summed E-state index contributed by atoms with van der Waals surface area (Å²) in [4.78, 5) is 0. The average molecular weight is 300 g/mol. The molecule has 1 N–H and O–H groups in total. The van der Waals surface area contributed by atoms with E-state index >= 15 is 0 Å². The number of hydrogen-bond donors (Lipinski definition) is 1. The van der Waals surface area contributed by atoms with E-state index in [1.807, 2.05) is 12.1 Å². The largest absolute Gasteiger partial charge is 0.303 e. The minimum absolute atomic E-state index is 0.328. The highest BCUT2D eigenvalue weighted by atomic mass is 35.5. The first kappa shape index (κ1) is 14.6. The number of halogens is 1. The summed E-state index contributed by atoms with van der Waals surface area (Å²) in [5.74, 6) is 0.780. The molecule has 0 aromatic heterocycles. The molecule has 1 saturated carbocycles. The van der Waals surface area contributed by atoms with Crippen LogP contribution in [-0.2, 0) is 0 Å². The molecule has 1 nitrogen and oxygen atoms in total. The Morgan fingerprint density at radius 2 is 1.52 bits per heavy atom. The van der Waals surface area contributed by atoms with Gasteiger partial charge in [-0.15, -0.1) is 0 Å². The fraction of sp³-hybridized carbons (Fsp3) is 0.368. The molecular formula is C19H22ClN. The van der Waals surface area contributed by atoms with Gasteiger partial charge in [-0.1, -0.05) is 53.6 Å². The van der Waals surface area contributed by atoms with Crippen molar-refractivity contribution >= 4 is 11.6 Å². The lowest BCUT2D eigenvalue weighted by Crippen LogP contribution is -2.26. The van der Waals surface area contributed by atoms with E-state index in [0.29, 0.717) is 12.1 Å². The van der Waals surface area contributed by atoms with Gasteiger partial charge in [0.2, 0.25) is 0 Å². The van der Waals surface area contributed by atoms with E-state index in [4.69, 9.17) is 11.6 Å². The van der Waals surface area contributed by atoms with Crippen molar-refractivity contribution in [2.24, 2.45) is 5.92 Å². The Morgan fingerprint density at radius 1 is 0.952 bits per heavy atom. The van der Waals surface area contributed by atoms with Crippen molar-refractivity contribution < 1.29 is 0 Å². The van der Waals surface area contributed by atoms with Gasteiger partial charge in [0.1, 0.15) is 0 Å². The first-order chi connectivity index (χ1) is 10.1. The fourth-order valence-electron chi connectivity index (χ4n) is 2.82. The molecule has 1 aliphatic rings. The van der Waals surface area contributed by atoms with Gasteiger partial charge in [0.25, 0.3) is 0 Å². The Bertz CT molecular complexity index is 584. The summed E-state index contributed by atoms with van der Waals surface area (Å²) in [7, 11) is 0. The van der Waals surface area contributed by atoms with Crippen LogP contribution in [0.3, 0.4) is 0 Å². The van der Waals surface area contributed by atoms with Crippen molar-refractivity contribution in [3.05, 3.63) is 70.2 Å². The van der Waals surface area contributed by atoms with Crippen LogP contribution in [0.1, 0.15) is 48.5 Å². The van der Waals surface area contributed by atoms with Crippen LogP contribution in [0.5, 0.6) is 0 Å². The summed E-state index contributed by atoms with van der Waals surface area (Å²) in [5, 5.41) is 4.60. The third-order valence-electron chi connectivity index (χ3n) is 4.33. The third-order valence-corrected chi connectivity index (χ3v) is 4.58. The quantitative estimate of drug-likeness (QED) is 0.774. The molecule has 2 aromatic carbocycles. The van der Waals surface area contributed by atoms with Gasteiger partial charge < -0.3 is 5.32 Å². The Kier molecular flexibility index (Phi) is 4.32. The van der Waals surface area contributed by atoms with E-state index < -0.39 is 0 Å². The molecule has 2 heteroatoms. The molecule has 0 radical (unpaired) electrons. The lowest BCUT2D eigenvalue weighted by atomic mass is 9.98.